The van der Waals surface area contributed by atoms with Crippen molar-refractivity contribution in [3.8, 4) is 0 Å². The SMILES string of the molecule is CN1C(=O)C=C[C@]2(C)[C@H]3CC[C@]4(C)[C@@H](CC(=O)Nc5ncc(C(F)(F)F)cc5[As])CC[C@H]4[C@@H]3CC[C@@H]12. The quantitative estimate of drug-likeness (QED) is 0.552. The average molecular weight is 563 g/mol. The van der Waals surface area contributed by atoms with Gasteiger partial charge in [0.1, 0.15) is 0 Å². The second kappa shape index (κ2) is 8.89. The van der Waals surface area contributed by atoms with Crippen LogP contribution < -0.4 is 9.67 Å². The number of hydrogen-bond donors (Lipinski definition) is 1. The van der Waals surface area contributed by atoms with Gasteiger partial charge in [-0.25, -0.2) is 0 Å². The van der Waals surface area contributed by atoms with Crippen LogP contribution in [0.15, 0.2) is 24.4 Å². The molecule has 0 bridgehead atoms. The zero-order valence-electron chi connectivity index (χ0n) is 20.9. The van der Waals surface area contributed by atoms with Crippen LogP contribution in [0, 0.1) is 34.5 Å². The van der Waals surface area contributed by atoms with Gasteiger partial charge in [0.25, 0.3) is 0 Å². The van der Waals surface area contributed by atoms with E-state index in [2.05, 4.69) is 47.1 Å². The van der Waals surface area contributed by atoms with Crippen LogP contribution in [0.4, 0.5) is 19.0 Å². The van der Waals surface area contributed by atoms with E-state index in [0.29, 0.717) is 24.2 Å². The van der Waals surface area contributed by atoms with Crippen LogP contribution in [0.5, 0.6) is 0 Å². The van der Waals surface area contributed by atoms with Crippen LogP contribution in [0.2, 0.25) is 0 Å². The van der Waals surface area contributed by atoms with E-state index in [4.69, 9.17) is 0 Å². The Morgan fingerprint density at radius 1 is 1.19 bits per heavy atom. The van der Waals surface area contributed by atoms with Gasteiger partial charge in [0.15, 0.2) is 0 Å². The summed E-state index contributed by atoms with van der Waals surface area (Å²) in [6.45, 7) is 4.67. The number of amides is 2. The van der Waals surface area contributed by atoms with Crippen LogP contribution in [0.3, 0.4) is 0 Å². The molecule has 1 N–H and O–H groups in total. The van der Waals surface area contributed by atoms with Crippen LogP contribution >= 0.6 is 0 Å². The molecule has 1 aromatic heterocycles. The first kappa shape index (κ1) is 25.8. The molecule has 2 heterocycles. The first-order chi connectivity index (χ1) is 16.8. The summed E-state index contributed by atoms with van der Waals surface area (Å²) in [5, 5.41) is 2.76. The number of pyridine rings is 1. The van der Waals surface area contributed by atoms with Crippen molar-refractivity contribution in [2.75, 3.05) is 12.4 Å². The van der Waals surface area contributed by atoms with Gasteiger partial charge in [-0.3, -0.25) is 4.79 Å². The van der Waals surface area contributed by atoms with Gasteiger partial charge >= 0.3 is 191 Å². The van der Waals surface area contributed by atoms with Gasteiger partial charge in [-0.15, -0.1) is 0 Å². The zero-order chi connectivity index (χ0) is 26.0. The third kappa shape index (κ3) is 4.12. The summed E-state index contributed by atoms with van der Waals surface area (Å²) in [5.74, 6) is 1.99. The molecular weight excluding hydrogens is 530 g/mol. The zero-order valence-corrected chi connectivity index (χ0v) is 22.8. The van der Waals surface area contributed by atoms with Gasteiger partial charge in [-0.1, -0.05) is 0 Å². The molecular formula is C27H33AsF3N3O2. The van der Waals surface area contributed by atoms with Crippen molar-refractivity contribution >= 4 is 38.8 Å². The average Bonchev–Trinajstić information content (AvgIpc) is 3.13. The van der Waals surface area contributed by atoms with E-state index in [-0.39, 0.29) is 44.8 Å². The van der Waals surface area contributed by atoms with E-state index in [1.807, 2.05) is 11.9 Å². The van der Waals surface area contributed by atoms with Gasteiger partial charge in [0, 0.05) is 7.05 Å². The molecule has 2 radical (unpaired) electrons. The van der Waals surface area contributed by atoms with Crippen molar-refractivity contribution < 1.29 is 22.8 Å². The molecule has 3 fully saturated rings. The molecule has 0 unspecified atom stereocenters. The molecule has 2 amide bonds. The Morgan fingerprint density at radius 2 is 1.94 bits per heavy atom. The van der Waals surface area contributed by atoms with E-state index in [1.54, 1.807) is 6.08 Å². The Morgan fingerprint density at radius 3 is 2.64 bits per heavy atom. The molecule has 9 heteroatoms. The summed E-state index contributed by atoms with van der Waals surface area (Å²) < 4.78 is 39.1. The maximum atomic E-state index is 13.0. The predicted molar refractivity (Wildman–Crippen MR) is 131 cm³/mol. The molecule has 0 aromatic carbocycles. The second-order valence-corrected chi connectivity index (χ2v) is 12.8. The number of nitrogens with one attached hydrogen (secondary N) is 1. The van der Waals surface area contributed by atoms with Crippen LogP contribution in [0.25, 0.3) is 0 Å². The number of carbonyl (C=O) groups excluding carboxylic acids is 2. The number of fused-ring (bicyclic) bond motifs is 5. The first-order valence-electron chi connectivity index (χ1n) is 12.9. The summed E-state index contributed by atoms with van der Waals surface area (Å²) in [6.07, 6.45) is 6.95. The molecule has 7 atom stereocenters. The Bertz CT molecular complexity index is 1110. The number of anilines is 1. The van der Waals surface area contributed by atoms with E-state index in [0.717, 1.165) is 50.8 Å². The Kier molecular flexibility index (Phi) is 6.37. The monoisotopic (exact) mass is 563 g/mol. The third-order valence-electron chi connectivity index (χ3n) is 10.2. The van der Waals surface area contributed by atoms with Crippen molar-refractivity contribution in [1.29, 1.82) is 0 Å². The standard InChI is InChI=1S/C27H33AsF3N3O2/c1-25-10-8-19-17(5-7-21-26(19,2)11-9-23(36)34(21)3)18(25)6-4-15(25)13-22(35)33-24-20(28)12-16(14-32-24)27(29,30)31/h9,11-12,14-15,17-19,21H,4-8,10,13H2,1-3H3,(H,32,33,35)/t15-,17+,18+,19+,21-,25-,26-/m1/s1. The summed E-state index contributed by atoms with van der Waals surface area (Å²) in [6, 6.07) is 1.25. The summed E-state index contributed by atoms with van der Waals surface area (Å²) in [7, 11) is 1.93. The van der Waals surface area contributed by atoms with E-state index >= 15 is 0 Å². The van der Waals surface area contributed by atoms with Crippen molar-refractivity contribution in [3.63, 3.8) is 0 Å². The van der Waals surface area contributed by atoms with Gasteiger partial charge < -0.3 is 4.90 Å². The maximum absolute atomic E-state index is 13.0. The number of carbonyl (C=O) groups is 2. The summed E-state index contributed by atoms with van der Waals surface area (Å²) >= 11 is 2.06. The van der Waals surface area contributed by atoms with Gasteiger partial charge in [0.05, 0.1) is 0 Å². The molecule has 5 nitrogen and oxygen atoms in total. The van der Waals surface area contributed by atoms with Crippen LogP contribution in [0.1, 0.15) is 64.4 Å². The molecule has 5 rings (SSSR count). The Balaban J connectivity index is 1.28. The number of aromatic nitrogens is 1. The Hall–Kier alpha value is -1.82. The van der Waals surface area contributed by atoms with Gasteiger partial charge in [0.2, 0.25) is 5.91 Å². The predicted octanol–water partition coefficient (Wildman–Crippen LogP) is 4.48. The van der Waals surface area contributed by atoms with E-state index < -0.39 is 11.7 Å². The minimum absolute atomic E-state index is 0.00755. The molecule has 3 aliphatic carbocycles. The number of hydrogen-bond acceptors (Lipinski definition) is 3. The fourth-order valence-electron chi connectivity index (χ4n) is 8.29. The van der Waals surface area contributed by atoms with Crippen molar-refractivity contribution in [1.82, 2.24) is 9.88 Å². The molecule has 4 aliphatic rings. The van der Waals surface area contributed by atoms with Crippen molar-refractivity contribution in [2.24, 2.45) is 34.5 Å². The number of likely N-dealkylation sites (N-methyl/N-ethyl adjacent to an activating group) is 1. The fraction of sp³-hybridized carbons (Fsp3) is 0.667. The normalized spacial score (nSPS) is 37.8. The van der Waals surface area contributed by atoms with E-state index in [9.17, 15) is 22.8 Å². The van der Waals surface area contributed by atoms with Gasteiger partial charge in [-0.05, 0) is 6.08 Å². The third-order valence-corrected chi connectivity index (χ3v) is 10.9. The molecule has 0 saturated heterocycles. The number of alkyl halides is 3. The summed E-state index contributed by atoms with van der Waals surface area (Å²) in [5.41, 5.74) is -0.766. The van der Waals surface area contributed by atoms with E-state index in [1.165, 1.54) is 0 Å². The molecule has 1 aromatic rings. The molecule has 3 saturated carbocycles. The first-order valence-corrected chi connectivity index (χ1v) is 13.8. The number of halogens is 3. The van der Waals surface area contributed by atoms with Crippen molar-refractivity contribution in [2.45, 2.75) is 71.0 Å². The second-order valence-electron chi connectivity index (χ2n) is 11.8. The summed E-state index contributed by atoms with van der Waals surface area (Å²) in [4.78, 5) is 31.1. The van der Waals surface area contributed by atoms with Crippen molar-refractivity contribution in [3.05, 3.63) is 30.0 Å². The number of rotatable bonds is 3. The molecule has 0 spiro atoms. The topological polar surface area (TPSA) is 62.3 Å². The Labute approximate surface area is 219 Å². The molecule has 36 heavy (non-hydrogen) atoms. The van der Waals surface area contributed by atoms with Crippen LogP contribution in [-0.4, -0.2) is 51.6 Å². The fourth-order valence-corrected chi connectivity index (χ4v) is 8.82. The van der Waals surface area contributed by atoms with Gasteiger partial charge in [-0.2, -0.15) is 0 Å². The van der Waals surface area contributed by atoms with Crippen LogP contribution in [-0.2, 0) is 15.8 Å². The number of nitrogens with zero attached hydrogens (tertiary/aromatic N) is 2. The minimum atomic E-state index is -4.47. The molecule has 1 aliphatic heterocycles. The molecule has 194 valence electrons.